The number of hydrogen-bond acceptors (Lipinski definition) is 5. The summed E-state index contributed by atoms with van der Waals surface area (Å²) in [5.41, 5.74) is 4.22. The number of nitro groups is 2. The molecule has 0 atom stereocenters. The van der Waals surface area contributed by atoms with Crippen LogP contribution in [0.4, 0.5) is 11.4 Å². The summed E-state index contributed by atoms with van der Waals surface area (Å²) in [4.78, 5) is 30.9. The van der Waals surface area contributed by atoms with Crippen molar-refractivity contribution < 1.29 is 14.6 Å². The van der Waals surface area contributed by atoms with Crippen molar-refractivity contribution in [3.05, 3.63) is 129 Å². The number of aldehydes is 1. The Labute approximate surface area is 183 Å². The van der Waals surface area contributed by atoms with Crippen molar-refractivity contribution in [1.29, 1.82) is 0 Å². The van der Waals surface area contributed by atoms with E-state index in [1.807, 2.05) is 36.4 Å². The second kappa shape index (κ2) is 10.4. The first kappa shape index (κ1) is 22.0. The maximum Gasteiger partial charge on any atom is 0.270 e. The standard InChI is InChI=1S/C13H9NO3.C12H9NO2/c15-9-10-4-6-11(7-5-10)12-2-1-3-13(8-12)14(16)17;14-13(15)12-8-4-7-11(9-12)10-5-2-1-3-6-10/h1-9H;1-9H. The van der Waals surface area contributed by atoms with Crippen LogP contribution in [0.3, 0.4) is 0 Å². The molecule has 0 aliphatic heterocycles. The monoisotopic (exact) mass is 426 g/mol. The smallest absolute Gasteiger partial charge is 0.270 e. The van der Waals surface area contributed by atoms with Gasteiger partial charge in [-0.3, -0.25) is 25.0 Å². The van der Waals surface area contributed by atoms with E-state index in [0.29, 0.717) is 5.56 Å². The summed E-state index contributed by atoms with van der Waals surface area (Å²) in [5, 5.41) is 21.2. The minimum Gasteiger partial charge on any atom is -0.298 e. The number of carbonyl (C=O) groups excluding carboxylic acids is 1. The Morgan fingerprint density at radius 1 is 0.531 bits per heavy atom. The number of rotatable bonds is 5. The lowest BCUT2D eigenvalue weighted by Crippen LogP contribution is -1.88. The number of nitro benzene ring substituents is 2. The lowest BCUT2D eigenvalue weighted by atomic mass is 10.0. The minimum absolute atomic E-state index is 0.0574. The minimum atomic E-state index is -0.427. The molecule has 0 fully saturated rings. The highest BCUT2D eigenvalue weighted by Crippen LogP contribution is 2.24. The van der Waals surface area contributed by atoms with Gasteiger partial charge in [-0.25, -0.2) is 0 Å². The highest BCUT2D eigenvalue weighted by Gasteiger charge is 2.07. The molecular weight excluding hydrogens is 408 g/mol. The van der Waals surface area contributed by atoms with Crippen LogP contribution in [0.25, 0.3) is 22.3 Å². The van der Waals surface area contributed by atoms with Crippen molar-refractivity contribution in [2.45, 2.75) is 0 Å². The van der Waals surface area contributed by atoms with E-state index in [-0.39, 0.29) is 16.3 Å². The summed E-state index contributed by atoms with van der Waals surface area (Å²) in [5.74, 6) is 0. The second-order valence-electron chi connectivity index (χ2n) is 6.72. The van der Waals surface area contributed by atoms with E-state index < -0.39 is 4.92 Å². The molecule has 0 aromatic heterocycles. The summed E-state index contributed by atoms with van der Waals surface area (Å²) in [6.45, 7) is 0. The average molecular weight is 426 g/mol. The van der Waals surface area contributed by atoms with Gasteiger partial charge in [-0.05, 0) is 22.3 Å². The molecule has 0 N–H and O–H groups in total. The molecule has 0 aliphatic rings. The van der Waals surface area contributed by atoms with Crippen molar-refractivity contribution in [2.24, 2.45) is 0 Å². The maximum atomic E-state index is 10.6. The van der Waals surface area contributed by atoms with Gasteiger partial charge in [0, 0.05) is 29.8 Å². The fourth-order valence-electron chi connectivity index (χ4n) is 2.98. The molecule has 4 rings (SSSR count). The third-order valence-electron chi connectivity index (χ3n) is 4.60. The van der Waals surface area contributed by atoms with E-state index in [0.717, 1.165) is 28.5 Å². The molecule has 32 heavy (non-hydrogen) atoms. The van der Waals surface area contributed by atoms with Crippen LogP contribution in [-0.4, -0.2) is 16.1 Å². The van der Waals surface area contributed by atoms with Gasteiger partial charge in [0.05, 0.1) is 9.85 Å². The number of benzene rings is 4. The van der Waals surface area contributed by atoms with E-state index in [2.05, 4.69) is 0 Å². The summed E-state index contributed by atoms with van der Waals surface area (Å²) >= 11 is 0. The van der Waals surface area contributed by atoms with Crippen LogP contribution in [0.1, 0.15) is 10.4 Å². The first-order chi connectivity index (χ1) is 15.5. The molecule has 0 aliphatic carbocycles. The topological polar surface area (TPSA) is 103 Å². The summed E-state index contributed by atoms with van der Waals surface area (Å²) in [6.07, 6.45) is 0.761. The number of carbonyl (C=O) groups is 1. The van der Waals surface area contributed by atoms with Gasteiger partial charge in [0.15, 0.2) is 0 Å². The van der Waals surface area contributed by atoms with Gasteiger partial charge in [0.2, 0.25) is 0 Å². The third kappa shape index (κ3) is 5.70. The Morgan fingerprint density at radius 3 is 1.41 bits per heavy atom. The highest BCUT2D eigenvalue weighted by molar-refractivity contribution is 5.77. The predicted octanol–water partition coefficient (Wildman–Crippen LogP) is 6.34. The number of hydrogen-bond donors (Lipinski definition) is 0. The first-order valence-corrected chi connectivity index (χ1v) is 9.58. The summed E-state index contributed by atoms with van der Waals surface area (Å²) < 4.78 is 0. The zero-order valence-electron chi connectivity index (χ0n) is 16.8. The molecule has 4 aromatic carbocycles. The van der Waals surface area contributed by atoms with Crippen molar-refractivity contribution in [2.75, 3.05) is 0 Å². The molecule has 0 saturated heterocycles. The molecule has 0 bridgehead atoms. The van der Waals surface area contributed by atoms with Crippen molar-refractivity contribution in [3.8, 4) is 22.3 Å². The SMILES string of the molecule is O=Cc1ccc(-c2cccc([N+](=O)[O-])c2)cc1.O=[N+]([O-])c1cccc(-c2ccccc2)c1. The van der Waals surface area contributed by atoms with E-state index >= 15 is 0 Å². The molecule has 4 aromatic rings. The average Bonchev–Trinajstić information content (AvgIpc) is 2.85. The Kier molecular flexibility index (Phi) is 7.16. The molecule has 0 saturated carbocycles. The van der Waals surface area contributed by atoms with Crippen LogP contribution in [0, 0.1) is 20.2 Å². The van der Waals surface area contributed by atoms with Gasteiger partial charge in [-0.15, -0.1) is 0 Å². The summed E-state index contributed by atoms with van der Waals surface area (Å²) in [6, 6.07) is 29.5. The van der Waals surface area contributed by atoms with Crippen molar-refractivity contribution in [3.63, 3.8) is 0 Å². The van der Waals surface area contributed by atoms with Crippen LogP contribution >= 0.6 is 0 Å². The Hall–Kier alpha value is -4.65. The lowest BCUT2D eigenvalue weighted by molar-refractivity contribution is -0.385. The van der Waals surface area contributed by atoms with Crippen molar-refractivity contribution >= 4 is 17.7 Å². The zero-order valence-corrected chi connectivity index (χ0v) is 16.8. The largest absolute Gasteiger partial charge is 0.298 e. The first-order valence-electron chi connectivity index (χ1n) is 9.58. The van der Waals surface area contributed by atoms with Gasteiger partial charge < -0.3 is 0 Å². The maximum absolute atomic E-state index is 10.6. The molecule has 7 nitrogen and oxygen atoms in total. The van der Waals surface area contributed by atoms with Crippen LogP contribution < -0.4 is 0 Å². The van der Waals surface area contributed by atoms with Crippen molar-refractivity contribution in [1.82, 2.24) is 0 Å². The van der Waals surface area contributed by atoms with Gasteiger partial charge >= 0.3 is 0 Å². The number of non-ortho nitro benzene ring substituents is 2. The van der Waals surface area contributed by atoms with E-state index in [4.69, 9.17) is 0 Å². The molecule has 0 unspecified atom stereocenters. The molecule has 0 amide bonds. The molecule has 7 heteroatoms. The highest BCUT2D eigenvalue weighted by atomic mass is 16.6. The van der Waals surface area contributed by atoms with Gasteiger partial charge in [-0.1, -0.05) is 78.9 Å². The third-order valence-corrected chi connectivity index (χ3v) is 4.60. The molecule has 0 heterocycles. The van der Waals surface area contributed by atoms with Gasteiger partial charge in [-0.2, -0.15) is 0 Å². The molecule has 158 valence electrons. The van der Waals surface area contributed by atoms with Gasteiger partial charge in [0.25, 0.3) is 11.4 Å². The van der Waals surface area contributed by atoms with E-state index in [9.17, 15) is 25.0 Å². The Balaban J connectivity index is 0.000000182. The van der Waals surface area contributed by atoms with Crippen LogP contribution in [0.2, 0.25) is 0 Å². The predicted molar refractivity (Wildman–Crippen MR) is 122 cm³/mol. The molecule has 0 radical (unpaired) electrons. The zero-order chi connectivity index (χ0) is 22.9. The van der Waals surface area contributed by atoms with Crippen LogP contribution in [0.5, 0.6) is 0 Å². The fraction of sp³-hybridized carbons (Fsp3) is 0. The normalized spacial score (nSPS) is 9.88. The second-order valence-corrected chi connectivity index (χ2v) is 6.72. The number of nitrogens with zero attached hydrogens (tertiary/aromatic N) is 2. The van der Waals surface area contributed by atoms with Gasteiger partial charge in [0.1, 0.15) is 6.29 Å². The molecular formula is C25H18N2O5. The quantitative estimate of drug-likeness (QED) is 0.210. The molecule has 0 spiro atoms. The fourth-order valence-corrected chi connectivity index (χ4v) is 2.98. The van der Waals surface area contributed by atoms with Crippen LogP contribution in [0.15, 0.2) is 103 Å². The Bertz CT molecular complexity index is 1240. The Morgan fingerprint density at radius 2 is 0.969 bits per heavy atom. The van der Waals surface area contributed by atoms with E-state index in [1.54, 1.807) is 48.5 Å². The lowest BCUT2D eigenvalue weighted by Gasteiger charge is -2.01. The van der Waals surface area contributed by atoms with Crippen LogP contribution in [-0.2, 0) is 0 Å². The summed E-state index contributed by atoms with van der Waals surface area (Å²) in [7, 11) is 0. The van der Waals surface area contributed by atoms with E-state index in [1.165, 1.54) is 18.2 Å².